The van der Waals surface area contributed by atoms with Crippen LogP contribution in [0.5, 0.6) is 5.75 Å². The van der Waals surface area contributed by atoms with Crippen molar-refractivity contribution in [3.63, 3.8) is 0 Å². The molecule has 4 rings (SSSR count). The number of nitrogens with zero attached hydrogens (tertiary/aromatic N) is 2. The highest BCUT2D eigenvalue weighted by molar-refractivity contribution is 7.10. The summed E-state index contributed by atoms with van der Waals surface area (Å²) in [5, 5.41) is 5.42. The minimum Gasteiger partial charge on any atom is -0.491 e. The summed E-state index contributed by atoms with van der Waals surface area (Å²) in [6.45, 7) is 5.29. The molecule has 2 aromatic carbocycles. The van der Waals surface area contributed by atoms with E-state index >= 15 is 0 Å². The van der Waals surface area contributed by atoms with Crippen LogP contribution >= 0.6 is 22.9 Å². The quantitative estimate of drug-likeness (QED) is 0.329. The second-order valence-corrected chi connectivity index (χ2v) is 10.7. The van der Waals surface area contributed by atoms with Crippen LogP contribution in [0.25, 0.3) is 0 Å². The van der Waals surface area contributed by atoms with E-state index in [0.29, 0.717) is 29.5 Å². The molecule has 1 aliphatic heterocycles. The van der Waals surface area contributed by atoms with E-state index in [1.165, 1.54) is 17.0 Å². The predicted molar refractivity (Wildman–Crippen MR) is 146 cm³/mol. The zero-order valence-electron chi connectivity index (χ0n) is 21.0. The van der Waals surface area contributed by atoms with Crippen molar-refractivity contribution in [3.8, 4) is 5.75 Å². The van der Waals surface area contributed by atoms with Crippen LogP contribution in [0.3, 0.4) is 0 Å². The van der Waals surface area contributed by atoms with Gasteiger partial charge in [-0.2, -0.15) is 0 Å². The molecule has 3 amide bonds. The van der Waals surface area contributed by atoms with Crippen LogP contribution in [0.4, 0.5) is 14.9 Å². The van der Waals surface area contributed by atoms with Crippen molar-refractivity contribution in [1.29, 1.82) is 0 Å². The highest BCUT2D eigenvalue weighted by atomic mass is 35.5. The number of hydrogen-bond donors (Lipinski definition) is 1. The van der Waals surface area contributed by atoms with Gasteiger partial charge in [0, 0.05) is 28.7 Å². The number of ether oxygens (including phenoxy) is 1. The summed E-state index contributed by atoms with van der Waals surface area (Å²) in [6, 6.07) is 14.2. The maximum Gasteiger partial charge on any atom is 0.322 e. The first-order valence-corrected chi connectivity index (χ1v) is 13.7. The number of benzene rings is 2. The van der Waals surface area contributed by atoms with E-state index in [-0.39, 0.29) is 42.9 Å². The Kier molecular flexibility index (Phi) is 9.05. The fraction of sp³-hybridized carbons (Fsp3) is 0.357. The number of halogens is 2. The van der Waals surface area contributed by atoms with Gasteiger partial charge in [0.25, 0.3) is 0 Å². The second-order valence-electron chi connectivity index (χ2n) is 9.25. The fourth-order valence-corrected chi connectivity index (χ4v) is 5.45. The lowest BCUT2D eigenvalue weighted by molar-refractivity contribution is -0.135. The molecule has 9 heteroatoms. The molecule has 0 spiro atoms. The molecule has 0 aliphatic carbocycles. The molecule has 0 radical (unpaired) electrons. The average Bonchev–Trinajstić information content (AvgIpc) is 3.37. The zero-order valence-corrected chi connectivity index (χ0v) is 22.5. The highest BCUT2D eigenvalue weighted by Crippen LogP contribution is 2.34. The molecule has 0 saturated carbocycles. The first-order chi connectivity index (χ1) is 17.8. The van der Waals surface area contributed by atoms with E-state index in [0.717, 1.165) is 18.4 Å². The number of amides is 3. The SMILES string of the molecule is CC[C@H](C)CN(CC(=O)N1CCc2sccc2[C@@H]1COc1ccc(F)cc1)C(=O)Nc1cccc(Cl)c1. The van der Waals surface area contributed by atoms with Crippen LogP contribution in [0, 0.1) is 11.7 Å². The molecule has 3 aromatic rings. The largest absolute Gasteiger partial charge is 0.491 e. The van der Waals surface area contributed by atoms with Gasteiger partial charge in [0.05, 0.1) is 6.04 Å². The van der Waals surface area contributed by atoms with Gasteiger partial charge in [0.1, 0.15) is 24.7 Å². The smallest absolute Gasteiger partial charge is 0.322 e. The topological polar surface area (TPSA) is 61.9 Å². The number of fused-ring (bicyclic) bond motifs is 1. The van der Waals surface area contributed by atoms with Crippen molar-refractivity contribution in [1.82, 2.24) is 9.80 Å². The predicted octanol–water partition coefficient (Wildman–Crippen LogP) is 6.63. The van der Waals surface area contributed by atoms with Crippen molar-refractivity contribution < 1.29 is 18.7 Å². The summed E-state index contributed by atoms with van der Waals surface area (Å²) in [7, 11) is 0. The summed E-state index contributed by atoms with van der Waals surface area (Å²) in [6.07, 6.45) is 1.64. The lowest BCUT2D eigenvalue weighted by atomic mass is 10.00. The molecular weight excluding hydrogens is 513 g/mol. The molecule has 1 aromatic heterocycles. The molecule has 0 saturated heterocycles. The molecule has 0 bridgehead atoms. The lowest BCUT2D eigenvalue weighted by Crippen LogP contribution is -2.49. The van der Waals surface area contributed by atoms with Crippen LogP contribution in [0.15, 0.2) is 60.0 Å². The Morgan fingerprint density at radius 2 is 2.03 bits per heavy atom. The average molecular weight is 544 g/mol. The molecule has 0 unspecified atom stereocenters. The minimum atomic E-state index is -0.344. The highest BCUT2D eigenvalue weighted by Gasteiger charge is 2.33. The molecule has 0 fully saturated rings. The van der Waals surface area contributed by atoms with Gasteiger partial charge in [-0.05, 0) is 71.8 Å². The van der Waals surface area contributed by atoms with Crippen molar-refractivity contribution in [2.24, 2.45) is 5.92 Å². The third kappa shape index (κ3) is 7.02. The molecule has 1 N–H and O–H groups in total. The summed E-state index contributed by atoms with van der Waals surface area (Å²) < 4.78 is 19.3. The molecule has 37 heavy (non-hydrogen) atoms. The number of carbonyl (C=O) groups is 2. The number of thiophene rings is 1. The van der Waals surface area contributed by atoms with Crippen LogP contribution in [-0.2, 0) is 11.2 Å². The van der Waals surface area contributed by atoms with Crippen LogP contribution < -0.4 is 10.1 Å². The van der Waals surface area contributed by atoms with Gasteiger partial charge in [-0.15, -0.1) is 11.3 Å². The van der Waals surface area contributed by atoms with E-state index < -0.39 is 0 Å². The van der Waals surface area contributed by atoms with E-state index in [4.69, 9.17) is 16.3 Å². The van der Waals surface area contributed by atoms with E-state index in [1.54, 1.807) is 57.5 Å². The molecule has 196 valence electrons. The maximum absolute atomic E-state index is 13.7. The van der Waals surface area contributed by atoms with Gasteiger partial charge in [-0.3, -0.25) is 4.79 Å². The van der Waals surface area contributed by atoms with Crippen LogP contribution in [-0.4, -0.2) is 48.0 Å². The van der Waals surface area contributed by atoms with Crippen molar-refractivity contribution in [3.05, 3.63) is 81.3 Å². The van der Waals surface area contributed by atoms with Crippen molar-refractivity contribution in [2.45, 2.75) is 32.7 Å². The number of hydrogen-bond acceptors (Lipinski definition) is 4. The fourth-order valence-electron chi connectivity index (χ4n) is 4.33. The standard InChI is InChI=1S/C28H31ClFN3O3S/c1-3-19(2)16-32(28(35)31-22-6-4-5-20(29)15-22)17-27(34)33-13-11-26-24(12-14-37-26)25(33)18-36-23-9-7-21(30)8-10-23/h4-10,12,14-15,19,25H,3,11,13,16-18H2,1-2H3,(H,31,35)/t19-,25-/m0/s1. The molecule has 1 aliphatic rings. The summed E-state index contributed by atoms with van der Waals surface area (Å²) in [5.74, 6) is 0.282. The Morgan fingerprint density at radius 1 is 1.24 bits per heavy atom. The number of anilines is 1. The number of nitrogens with one attached hydrogen (secondary N) is 1. The zero-order chi connectivity index (χ0) is 26.4. The van der Waals surface area contributed by atoms with E-state index in [9.17, 15) is 14.0 Å². The van der Waals surface area contributed by atoms with Gasteiger partial charge in [-0.1, -0.05) is 37.9 Å². The molecule has 6 nitrogen and oxygen atoms in total. The van der Waals surface area contributed by atoms with Crippen molar-refractivity contribution in [2.75, 3.05) is 31.6 Å². The molecular formula is C28H31ClFN3O3S. The monoisotopic (exact) mass is 543 g/mol. The minimum absolute atomic E-state index is 0.0523. The second kappa shape index (κ2) is 12.4. The third-order valence-electron chi connectivity index (χ3n) is 6.55. The first-order valence-electron chi connectivity index (χ1n) is 12.4. The first kappa shape index (κ1) is 26.9. The van der Waals surface area contributed by atoms with Crippen LogP contribution in [0.1, 0.15) is 36.8 Å². The van der Waals surface area contributed by atoms with Gasteiger partial charge in [0.2, 0.25) is 5.91 Å². The van der Waals surface area contributed by atoms with Gasteiger partial charge < -0.3 is 19.9 Å². The molecule has 2 atom stereocenters. The Morgan fingerprint density at radius 3 is 2.76 bits per heavy atom. The Bertz CT molecular complexity index is 1220. The van der Waals surface area contributed by atoms with Gasteiger partial charge in [-0.25, -0.2) is 9.18 Å². The molecule has 2 heterocycles. The van der Waals surface area contributed by atoms with Crippen molar-refractivity contribution >= 4 is 40.6 Å². The normalized spacial score (nSPS) is 15.6. The lowest BCUT2D eigenvalue weighted by Gasteiger charge is -2.37. The maximum atomic E-state index is 13.7. The number of rotatable bonds is 9. The summed E-state index contributed by atoms with van der Waals surface area (Å²) >= 11 is 7.75. The Labute approximate surface area is 226 Å². The third-order valence-corrected chi connectivity index (χ3v) is 7.79. The number of urea groups is 1. The number of carbonyl (C=O) groups excluding carboxylic acids is 2. The van der Waals surface area contributed by atoms with Crippen LogP contribution in [0.2, 0.25) is 5.02 Å². The summed E-state index contributed by atoms with van der Waals surface area (Å²) in [5.41, 5.74) is 1.63. The van der Waals surface area contributed by atoms with Gasteiger partial charge >= 0.3 is 6.03 Å². The van der Waals surface area contributed by atoms with E-state index in [1.807, 2.05) is 11.4 Å². The Balaban J connectivity index is 1.50. The Hall–Kier alpha value is -3.10. The van der Waals surface area contributed by atoms with E-state index in [2.05, 4.69) is 19.2 Å². The van der Waals surface area contributed by atoms with Gasteiger partial charge in [0.15, 0.2) is 0 Å². The summed E-state index contributed by atoms with van der Waals surface area (Å²) in [4.78, 5) is 31.5.